The zero-order valence-corrected chi connectivity index (χ0v) is 13.4. The Morgan fingerprint density at radius 1 is 1.14 bits per heavy atom. The summed E-state index contributed by atoms with van der Waals surface area (Å²) in [5.74, 6) is 2.34. The van der Waals surface area contributed by atoms with Crippen molar-refractivity contribution in [3.63, 3.8) is 0 Å². The molecule has 114 valence electrons. The van der Waals surface area contributed by atoms with Crippen molar-refractivity contribution in [2.45, 2.75) is 46.3 Å². The normalized spacial score (nSPS) is 36.3. The first-order valence-corrected chi connectivity index (χ1v) is 8.31. The average Bonchev–Trinajstić information content (AvgIpc) is 2.81. The van der Waals surface area contributed by atoms with Gasteiger partial charge in [0, 0.05) is 11.8 Å². The predicted molar refractivity (Wildman–Crippen MR) is 84.4 cm³/mol. The van der Waals surface area contributed by atoms with Gasteiger partial charge < -0.3 is 4.74 Å². The third kappa shape index (κ3) is 3.12. The van der Waals surface area contributed by atoms with Crippen LogP contribution in [0.2, 0.25) is 0 Å². The molecular weight excluding hydrogens is 260 g/mol. The van der Waals surface area contributed by atoms with Crippen molar-refractivity contribution in [2.24, 2.45) is 23.7 Å². The number of rotatable bonds is 3. The lowest BCUT2D eigenvalue weighted by Crippen LogP contribution is -2.34. The molecule has 0 bridgehead atoms. The van der Waals surface area contributed by atoms with Gasteiger partial charge in [-0.2, -0.15) is 4.74 Å². The smallest absolute Gasteiger partial charge is 0.244 e. The van der Waals surface area contributed by atoms with Crippen LogP contribution in [0.15, 0.2) is 30.3 Å². The lowest BCUT2D eigenvalue weighted by atomic mass is 9.78. The molecule has 0 unspecified atom stereocenters. The van der Waals surface area contributed by atoms with Crippen LogP contribution in [0.5, 0.6) is 0 Å². The van der Waals surface area contributed by atoms with Crippen LogP contribution in [0, 0.1) is 29.8 Å². The summed E-state index contributed by atoms with van der Waals surface area (Å²) in [6.45, 7) is 8.62. The van der Waals surface area contributed by atoms with Gasteiger partial charge in [0.25, 0.3) is 0 Å². The maximum Gasteiger partial charge on any atom is 0.244 e. The van der Waals surface area contributed by atoms with Crippen molar-refractivity contribution >= 4 is 0 Å². The molecule has 21 heavy (non-hydrogen) atoms. The summed E-state index contributed by atoms with van der Waals surface area (Å²) < 4.78 is 12.3. The van der Waals surface area contributed by atoms with E-state index in [1.807, 2.05) is 0 Å². The quantitative estimate of drug-likeness (QED) is 0.765. The zero-order chi connectivity index (χ0) is 14.8. The Labute approximate surface area is 128 Å². The predicted octanol–water partition coefficient (Wildman–Crippen LogP) is 4.45. The molecule has 2 nitrogen and oxygen atoms in total. The molecule has 1 aliphatic carbocycles. The summed E-state index contributed by atoms with van der Waals surface area (Å²) >= 11 is 0. The van der Waals surface area contributed by atoms with Gasteiger partial charge in [-0.05, 0) is 17.9 Å². The van der Waals surface area contributed by atoms with E-state index in [9.17, 15) is 0 Å². The van der Waals surface area contributed by atoms with Crippen molar-refractivity contribution in [3.05, 3.63) is 42.0 Å². The second kappa shape index (κ2) is 6.41. The van der Waals surface area contributed by atoms with Gasteiger partial charge in [-0.25, -0.2) is 0 Å². The maximum absolute atomic E-state index is 6.36. The van der Waals surface area contributed by atoms with E-state index in [4.69, 9.17) is 9.47 Å². The van der Waals surface area contributed by atoms with E-state index in [0.29, 0.717) is 29.8 Å². The van der Waals surface area contributed by atoms with Crippen molar-refractivity contribution in [2.75, 3.05) is 6.61 Å². The fourth-order valence-corrected chi connectivity index (χ4v) is 4.15. The molecule has 0 amide bonds. The van der Waals surface area contributed by atoms with Crippen LogP contribution in [-0.4, -0.2) is 12.7 Å². The van der Waals surface area contributed by atoms with Crippen LogP contribution in [0.4, 0.5) is 0 Å². The Morgan fingerprint density at radius 2 is 1.90 bits per heavy atom. The minimum absolute atomic E-state index is 0.330. The van der Waals surface area contributed by atoms with Gasteiger partial charge in [0.1, 0.15) is 18.9 Å². The van der Waals surface area contributed by atoms with Gasteiger partial charge in [-0.3, -0.25) is 0 Å². The number of fused-ring (bicyclic) bond motifs is 1. The van der Waals surface area contributed by atoms with E-state index in [2.05, 4.69) is 51.1 Å². The highest BCUT2D eigenvalue weighted by molar-refractivity contribution is 5.13. The Morgan fingerprint density at radius 3 is 2.67 bits per heavy atom. The van der Waals surface area contributed by atoms with Gasteiger partial charge in [-0.15, -0.1) is 0 Å². The number of ether oxygens (including phenoxy) is 2. The summed E-state index contributed by atoms with van der Waals surface area (Å²) in [6, 6.07) is 10.5. The van der Waals surface area contributed by atoms with Crippen molar-refractivity contribution in [1.29, 1.82) is 0 Å². The summed E-state index contributed by atoms with van der Waals surface area (Å²) in [4.78, 5) is 0. The van der Waals surface area contributed by atoms with Crippen LogP contribution in [0.1, 0.15) is 39.2 Å². The molecule has 1 aliphatic heterocycles. The number of hydrogen-bond donors (Lipinski definition) is 0. The fraction of sp³-hybridized carbons (Fsp3) is 0.632. The van der Waals surface area contributed by atoms with E-state index >= 15 is 0 Å². The molecule has 1 aromatic rings. The first-order valence-electron chi connectivity index (χ1n) is 8.31. The van der Waals surface area contributed by atoms with E-state index in [1.165, 1.54) is 18.1 Å². The van der Waals surface area contributed by atoms with E-state index < -0.39 is 0 Å². The van der Waals surface area contributed by atoms with Crippen LogP contribution in [0.3, 0.4) is 0 Å². The molecule has 2 fully saturated rings. The first-order chi connectivity index (χ1) is 10.2. The zero-order valence-electron chi connectivity index (χ0n) is 13.4. The van der Waals surface area contributed by atoms with Gasteiger partial charge in [-0.1, -0.05) is 51.1 Å². The van der Waals surface area contributed by atoms with Crippen molar-refractivity contribution in [3.8, 4) is 0 Å². The highest BCUT2D eigenvalue weighted by atomic mass is 16.5. The highest BCUT2D eigenvalue weighted by Crippen LogP contribution is 2.47. The summed E-state index contributed by atoms with van der Waals surface area (Å²) in [5, 5.41) is 0. The minimum Gasteiger partial charge on any atom is -0.373 e. The number of hydrogen-bond acceptors (Lipinski definition) is 2. The largest absolute Gasteiger partial charge is 0.373 e. The molecule has 3 rings (SSSR count). The van der Waals surface area contributed by atoms with E-state index in [0.717, 1.165) is 19.6 Å². The minimum atomic E-state index is 0.330. The van der Waals surface area contributed by atoms with Gasteiger partial charge in [0.2, 0.25) is 6.10 Å². The Bertz CT molecular complexity index is 444. The Hall–Kier alpha value is -0.990. The molecule has 1 saturated heterocycles. The molecule has 0 spiro atoms. The summed E-state index contributed by atoms with van der Waals surface area (Å²) in [7, 11) is 0. The molecule has 0 aromatic heterocycles. The lowest BCUT2D eigenvalue weighted by Gasteiger charge is -2.29. The SMILES string of the molecule is C[C@H]1[C@@H](OCc2ccccc2)[C@@H](C)CC[C+]2OC[C@H](C)[C@H]21. The maximum atomic E-state index is 6.36. The molecule has 1 heterocycles. The molecule has 0 radical (unpaired) electrons. The monoisotopic (exact) mass is 287 g/mol. The molecule has 0 N–H and O–H groups in total. The molecular formula is C19H27O2+. The van der Waals surface area contributed by atoms with Gasteiger partial charge in [0.05, 0.1) is 12.7 Å². The second-order valence-corrected chi connectivity index (χ2v) is 6.92. The van der Waals surface area contributed by atoms with Crippen LogP contribution < -0.4 is 0 Å². The van der Waals surface area contributed by atoms with Crippen LogP contribution in [-0.2, 0) is 16.1 Å². The molecule has 5 atom stereocenters. The van der Waals surface area contributed by atoms with Crippen LogP contribution in [0.25, 0.3) is 0 Å². The first kappa shape index (κ1) is 14.9. The number of benzene rings is 1. The Balaban J connectivity index is 1.70. The summed E-state index contributed by atoms with van der Waals surface area (Å²) in [6.07, 6.45) is 3.97. The van der Waals surface area contributed by atoms with Crippen molar-refractivity contribution in [1.82, 2.24) is 0 Å². The van der Waals surface area contributed by atoms with Gasteiger partial charge in [0.15, 0.2) is 0 Å². The Kier molecular flexibility index (Phi) is 4.56. The highest BCUT2D eigenvalue weighted by Gasteiger charge is 2.53. The third-order valence-corrected chi connectivity index (χ3v) is 5.29. The van der Waals surface area contributed by atoms with E-state index in [1.54, 1.807) is 0 Å². The molecule has 1 aromatic carbocycles. The van der Waals surface area contributed by atoms with Crippen molar-refractivity contribution < 1.29 is 9.47 Å². The van der Waals surface area contributed by atoms with Crippen LogP contribution >= 0.6 is 0 Å². The van der Waals surface area contributed by atoms with Gasteiger partial charge >= 0.3 is 0 Å². The third-order valence-electron chi connectivity index (χ3n) is 5.29. The second-order valence-electron chi connectivity index (χ2n) is 6.92. The fourth-order valence-electron chi connectivity index (χ4n) is 4.15. The molecule has 1 saturated carbocycles. The molecule has 2 heteroatoms. The summed E-state index contributed by atoms with van der Waals surface area (Å²) in [5.41, 5.74) is 1.26. The topological polar surface area (TPSA) is 18.5 Å². The molecule has 2 aliphatic rings. The average molecular weight is 287 g/mol. The lowest BCUT2D eigenvalue weighted by molar-refractivity contribution is -0.0404. The van der Waals surface area contributed by atoms with E-state index in [-0.39, 0.29) is 0 Å². The standard InChI is InChI=1S/C19H27O2/c1-13-9-10-17-18(14(2)11-20-17)15(3)19(13)21-12-16-7-5-4-6-8-16/h4-8,13-15,18-19H,9-12H2,1-3H3/q+1/t13-,14-,15+,18-,19-/m0/s1.